The van der Waals surface area contributed by atoms with Crippen LogP contribution in [0.5, 0.6) is 0 Å². The number of carbonyl (C=O) groups excluding carboxylic acids is 1. The van der Waals surface area contributed by atoms with E-state index in [-0.39, 0.29) is 11.5 Å². The third kappa shape index (κ3) is 3.33. The van der Waals surface area contributed by atoms with Crippen molar-refractivity contribution in [3.63, 3.8) is 0 Å². The summed E-state index contributed by atoms with van der Waals surface area (Å²) >= 11 is 0. The first-order valence-electron chi connectivity index (χ1n) is 7.94. The van der Waals surface area contributed by atoms with E-state index in [1.165, 1.54) is 23.0 Å². The summed E-state index contributed by atoms with van der Waals surface area (Å²) in [5, 5.41) is 0. The zero-order valence-electron chi connectivity index (χ0n) is 13.6. The summed E-state index contributed by atoms with van der Waals surface area (Å²) < 4.78 is 0. The van der Waals surface area contributed by atoms with Gasteiger partial charge in [-0.15, -0.1) is 0 Å². The number of aromatic amines is 1. The van der Waals surface area contributed by atoms with Crippen LogP contribution in [0.25, 0.3) is 0 Å². The molecule has 0 bridgehead atoms. The number of aromatic nitrogens is 2. The smallest absolute Gasteiger partial charge is 0.255 e. The normalized spacial score (nSPS) is 13.7. The number of carbonyl (C=O) groups is 1. The predicted octanol–water partition coefficient (Wildman–Crippen LogP) is 1.90. The number of amides is 1. The summed E-state index contributed by atoms with van der Waals surface area (Å²) in [6, 6.07) is 6.31. The number of nitrogens with one attached hydrogen (secondary N) is 1. The fourth-order valence-electron chi connectivity index (χ4n) is 3.09. The average Bonchev–Trinajstić information content (AvgIpc) is 2.54. The van der Waals surface area contributed by atoms with Crippen molar-refractivity contribution >= 4 is 5.91 Å². The van der Waals surface area contributed by atoms with Crippen LogP contribution in [0.15, 0.2) is 29.3 Å². The number of rotatable bonds is 3. The van der Waals surface area contributed by atoms with E-state index in [0.717, 1.165) is 12.1 Å². The standard InChI is InChI=1S/C18H21N3O2/c1-12-3-4-14(13(2)9-12)5-6-17(22)21-8-7-16-15(10-21)18(23)20-11-19-16/h3-4,9,11H,5-8,10H2,1-2H3,(H,19,20,23). The molecule has 2 aromatic rings. The second-order valence-electron chi connectivity index (χ2n) is 6.15. The number of H-pyrrole nitrogens is 1. The number of benzene rings is 1. The Labute approximate surface area is 135 Å². The van der Waals surface area contributed by atoms with Gasteiger partial charge in [0.2, 0.25) is 5.91 Å². The van der Waals surface area contributed by atoms with Crippen LogP contribution < -0.4 is 5.56 Å². The van der Waals surface area contributed by atoms with Crippen LogP contribution in [0.4, 0.5) is 0 Å². The SMILES string of the molecule is Cc1ccc(CCC(=O)N2CCc3nc[nH]c(=O)c3C2)c(C)c1. The summed E-state index contributed by atoms with van der Waals surface area (Å²) in [5.74, 6) is 0.0962. The van der Waals surface area contributed by atoms with Crippen LogP contribution in [-0.4, -0.2) is 27.3 Å². The van der Waals surface area contributed by atoms with Gasteiger partial charge in [-0.3, -0.25) is 9.59 Å². The number of fused-ring (bicyclic) bond motifs is 1. The van der Waals surface area contributed by atoms with Crippen LogP contribution in [0.1, 0.15) is 34.4 Å². The second-order valence-corrected chi connectivity index (χ2v) is 6.15. The Balaban J connectivity index is 1.65. The molecule has 0 saturated carbocycles. The minimum Gasteiger partial charge on any atom is -0.338 e. The highest BCUT2D eigenvalue weighted by atomic mass is 16.2. The number of nitrogens with zero attached hydrogens (tertiary/aromatic N) is 2. The molecule has 0 saturated heterocycles. The lowest BCUT2D eigenvalue weighted by atomic mass is 10.0. The average molecular weight is 311 g/mol. The van der Waals surface area contributed by atoms with E-state index in [9.17, 15) is 9.59 Å². The number of aryl methyl sites for hydroxylation is 3. The van der Waals surface area contributed by atoms with Crippen molar-refractivity contribution in [1.29, 1.82) is 0 Å². The predicted molar refractivity (Wildman–Crippen MR) is 88.2 cm³/mol. The first-order valence-corrected chi connectivity index (χ1v) is 7.94. The highest BCUT2D eigenvalue weighted by molar-refractivity contribution is 5.76. The van der Waals surface area contributed by atoms with Crippen LogP contribution in [0.2, 0.25) is 0 Å². The maximum absolute atomic E-state index is 12.5. The van der Waals surface area contributed by atoms with Gasteiger partial charge in [0.05, 0.1) is 24.1 Å². The molecule has 1 aromatic carbocycles. The molecular weight excluding hydrogens is 290 g/mol. The molecule has 5 heteroatoms. The Morgan fingerprint density at radius 1 is 1.35 bits per heavy atom. The zero-order chi connectivity index (χ0) is 16.4. The third-order valence-corrected chi connectivity index (χ3v) is 4.46. The molecule has 0 spiro atoms. The summed E-state index contributed by atoms with van der Waals surface area (Å²) in [4.78, 5) is 32.9. The molecule has 0 aliphatic carbocycles. The Bertz CT molecular complexity index is 795. The molecular formula is C18H21N3O2. The van der Waals surface area contributed by atoms with Gasteiger partial charge in [0.1, 0.15) is 0 Å². The largest absolute Gasteiger partial charge is 0.338 e. The van der Waals surface area contributed by atoms with Crippen molar-refractivity contribution in [3.8, 4) is 0 Å². The summed E-state index contributed by atoms with van der Waals surface area (Å²) in [6.07, 6.45) is 3.28. The van der Waals surface area contributed by atoms with Crippen molar-refractivity contribution in [2.45, 2.75) is 39.7 Å². The third-order valence-electron chi connectivity index (χ3n) is 4.46. The maximum atomic E-state index is 12.5. The molecule has 3 rings (SSSR count). The topological polar surface area (TPSA) is 66.1 Å². The van der Waals surface area contributed by atoms with Gasteiger partial charge < -0.3 is 9.88 Å². The van der Waals surface area contributed by atoms with E-state index in [4.69, 9.17) is 0 Å². The Kier molecular flexibility index (Phi) is 4.28. The van der Waals surface area contributed by atoms with Crippen LogP contribution in [-0.2, 0) is 24.2 Å². The van der Waals surface area contributed by atoms with Crippen molar-refractivity contribution in [2.75, 3.05) is 6.54 Å². The van der Waals surface area contributed by atoms with Crippen molar-refractivity contribution in [2.24, 2.45) is 0 Å². The van der Waals surface area contributed by atoms with E-state index in [1.54, 1.807) is 4.90 Å². The zero-order valence-corrected chi connectivity index (χ0v) is 13.6. The highest BCUT2D eigenvalue weighted by Gasteiger charge is 2.23. The minimum absolute atomic E-state index is 0.0962. The fraction of sp³-hybridized carbons (Fsp3) is 0.389. The molecule has 2 heterocycles. The Hall–Kier alpha value is -2.43. The van der Waals surface area contributed by atoms with Crippen molar-refractivity contribution in [3.05, 3.63) is 62.8 Å². The van der Waals surface area contributed by atoms with Crippen molar-refractivity contribution in [1.82, 2.24) is 14.9 Å². The van der Waals surface area contributed by atoms with Gasteiger partial charge in [0.15, 0.2) is 0 Å². The lowest BCUT2D eigenvalue weighted by Gasteiger charge is -2.27. The molecule has 0 radical (unpaired) electrons. The van der Waals surface area contributed by atoms with Gasteiger partial charge in [0, 0.05) is 19.4 Å². The molecule has 1 aliphatic heterocycles. The molecule has 23 heavy (non-hydrogen) atoms. The Morgan fingerprint density at radius 3 is 2.96 bits per heavy atom. The molecule has 5 nitrogen and oxygen atoms in total. The first-order chi connectivity index (χ1) is 11.0. The van der Waals surface area contributed by atoms with Gasteiger partial charge in [-0.05, 0) is 31.4 Å². The molecule has 120 valence electrons. The molecule has 1 aromatic heterocycles. The van der Waals surface area contributed by atoms with Gasteiger partial charge in [-0.2, -0.15) is 0 Å². The van der Waals surface area contributed by atoms with Gasteiger partial charge >= 0.3 is 0 Å². The molecule has 0 fully saturated rings. The first kappa shape index (κ1) is 15.5. The fourth-order valence-corrected chi connectivity index (χ4v) is 3.09. The van der Waals surface area contributed by atoms with Crippen LogP contribution >= 0.6 is 0 Å². The van der Waals surface area contributed by atoms with Gasteiger partial charge in [-0.25, -0.2) is 4.98 Å². The molecule has 1 amide bonds. The lowest BCUT2D eigenvalue weighted by Crippen LogP contribution is -2.39. The highest BCUT2D eigenvalue weighted by Crippen LogP contribution is 2.16. The monoisotopic (exact) mass is 311 g/mol. The van der Waals surface area contributed by atoms with E-state index < -0.39 is 0 Å². The maximum Gasteiger partial charge on any atom is 0.255 e. The quantitative estimate of drug-likeness (QED) is 0.941. The molecule has 1 N–H and O–H groups in total. The lowest BCUT2D eigenvalue weighted by molar-refractivity contribution is -0.132. The Morgan fingerprint density at radius 2 is 2.17 bits per heavy atom. The molecule has 0 atom stereocenters. The minimum atomic E-state index is -0.137. The van der Waals surface area contributed by atoms with E-state index >= 15 is 0 Å². The molecule has 1 aliphatic rings. The number of hydrogen-bond acceptors (Lipinski definition) is 3. The molecule has 0 unspecified atom stereocenters. The second kappa shape index (κ2) is 6.36. The van der Waals surface area contributed by atoms with Crippen LogP contribution in [0.3, 0.4) is 0 Å². The summed E-state index contributed by atoms with van der Waals surface area (Å²) in [5.41, 5.74) is 4.97. The number of hydrogen-bond donors (Lipinski definition) is 1. The van der Waals surface area contributed by atoms with Crippen LogP contribution in [0, 0.1) is 13.8 Å². The summed E-state index contributed by atoms with van der Waals surface area (Å²) in [7, 11) is 0. The van der Waals surface area contributed by atoms with E-state index in [0.29, 0.717) is 31.5 Å². The van der Waals surface area contributed by atoms with E-state index in [2.05, 4.69) is 42.0 Å². The summed E-state index contributed by atoms with van der Waals surface area (Å²) in [6.45, 7) is 5.15. The van der Waals surface area contributed by atoms with Crippen molar-refractivity contribution < 1.29 is 4.79 Å². The van der Waals surface area contributed by atoms with Gasteiger partial charge in [0.25, 0.3) is 5.56 Å². The van der Waals surface area contributed by atoms with Gasteiger partial charge in [-0.1, -0.05) is 23.8 Å². The van der Waals surface area contributed by atoms with E-state index in [1.807, 2.05) is 0 Å².